The molecule has 1 fully saturated rings. The van der Waals surface area contributed by atoms with E-state index in [9.17, 15) is 14.4 Å². The van der Waals surface area contributed by atoms with Crippen molar-refractivity contribution in [2.75, 3.05) is 32.8 Å². The minimum absolute atomic E-state index is 0.214. The SMILES string of the molecule is CCOC(C)(C=C=O)C(=O)N1CCN(C(=O)OCc2ccccc2)CC1. The summed E-state index contributed by atoms with van der Waals surface area (Å²) < 4.78 is 10.7. The molecule has 0 aromatic heterocycles. The zero-order valence-electron chi connectivity index (χ0n) is 15.1. The third-order valence-electron chi connectivity index (χ3n) is 4.23. The highest BCUT2D eigenvalue weighted by atomic mass is 16.6. The van der Waals surface area contributed by atoms with Gasteiger partial charge < -0.3 is 19.3 Å². The summed E-state index contributed by atoms with van der Waals surface area (Å²) in [5, 5.41) is 0. The zero-order chi connectivity index (χ0) is 19.0. The summed E-state index contributed by atoms with van der Waals surface area (Å²) in [6.45, 7) is 5.26. The Bertz CT molecular complexity index is 664. The van der Waals surface area contributed by atoms with Crippen molar-refractivity contribution in [1.29, 1.82) is 0 Å². The number of nitrogens with zero attached hydrogens (tertiary/aromatic N) is 2. The maximum atomic E-state index is 12.6. The van der Waals surface area contributed by atoms with Crippen LogP contribution in [-0.4, -0.2) is 66.1 Å². The minimum atomic E-state index is -1.33. The molecule has 1 heterocycles. The highest BCUT2D eigenvalue weighted by Crippen LogP contribution is 2.17. The molecule has 2 rings (SSSR count). The normalized spacial score (nSPS) is 16.4. The Kier molecular flexibility index (Phi) is 6.95. The summed E-state index contributed by atoms with van der Waals surface area (Å²) in [6, 6.07) is 9.45. The van der Waals surface area contributed by atoms with Crippen LogP contribution in [-0.2, 0) is 25.7 Å². The number of piperazine rings is 1. The molecule has 0 spiro atoms. The standard InChI is InChI=1S/C19H24N2O5/c1-3-26-19(2,9-14-22)17(23)20-10-12-21(13-11-20)18(24)25-15-16-7-5-4-6-8-16/h4-9H,3,10-13,15H2,1-2H3. The molecule has 26 heavy (non-hydrogen) atoms. The summed E-state index contributed by atoms with van der Waals surface area (Å²) in [5.74, 6) is 1.33. The number of benzene rings is 1. The lowest BCUT2D eigenvalue weighted by atomic mass is 10.0. The van der Waals surface area contributed by atoms with Crippen molar-refractivity contribution in [3.8, 4) is 0 Å². The molecule has 1 aliphatic rings. The van der Waals surface area contributed by atoms with E-state index >= 15 is 0 Å². The molecule has 1 atom stereocenters. The molecule has 1 saturated heterocycles. The summed E-state index contributed by atoms with van der Waals surface area (Å²) in [4.78, 5) is 38.7. The van der Waals surface area contributed by atoms with Crippen LogP contribution in [0.4, 0.5) is 4.79 Å². The van der Waals surface area contributed by atoms with E-state index in [4.69, 9.17) is 9.47 Å². The molecule has 0 bridgehead atoms. The molecular formula is C19H24N2O5. The van der Waals surface area contributed by atoms with Gasteiger partial charge in [-0.3, -0.25) is 4.79 Å². The van der Waals surface area contributed by atoms with E-state index in [1.165, 1.54) is 0 Å². The van der Waals surface area contributed by atoms with Gasteiger partial charge in [0.25, 0.3) is 5.91 Å². The Labute approximate surface area is 153 Å². The quantitative estimate of drug-likeness (QED) is 0.721. The molecule has 0 aliphatic carbocycles. The van der Waals surface area contributed by atoms with E-state index in [0.29, 0.717) is 32.8 Å². The van der Waals surface area contributed by atoms with Crippen molar-refractivity contribution >= 4 is 17.9 Å². The van der Waals surface area contributed by atoms with Gasteiger partial charge in [0.1, 0.15) is 12.5 Å². The van der Waals surface area contributed by atoms with Crippen molar-refractivity contribution in [2.24, 2.45) is 0 Å². The topological polar surface area (TPSA) is 76.2 Å². The number of hydrogen-bond donors (Lipinski definition) is 0. The Balaban J connectivity index is 1.86. The van der Waals surface area contributed by atoms with Crippen molar-refractivity contribution in [3.63, 3.8) is 0 Å². The summed E-state index contributed by atoms with van der Waals surface area (Å²) in [5.41, 5.74) is -0.408. The molecule has 2 amide bonds. The smallest absolute Gasteiger partial charge is 0.410 e. The molecule has 1 aromatic rings. The fraction of sp³-hybridized carbons (Fsp3) is 0.474. The second-order valence-electron chi connectivity index (χ2n) is 6.12. The van der Waals surface area contributed by atoms with Gasteiger partial charge in [0.05, 0.1) is 0 Å². The first-order valence-electron chi connectivity index (χ1n) is 8.61. The van der Waals surface area contributed by atoms with Gasteiger partial charge in [-0.05, 0) is 19.4 Å². The molecule has 1 aromatic carbocycles. The van der Waals surface area contributed by atoms with Crippen LogP contribution >= 0.6 is 0 Å². The van der Waals surface area contributed by atoms with Gasteiger partial charge in [-0.2, -0.15) is 0 Å². The van der Waals surface area contributed by atoms with Crippen LogP contribution in [0.3, 0.4) is 0 Å². The van der Waals surface area contributed by atoms with E-state index in [0.717, 1.165) is 11.6 Å². The molecule has 0 radical (unpaired) electrons. The van der Waals surface area contributed by atoms with Crippen molar-refractivity contribution < 1.29 is 23.9 Å². The molecule has 1 aliphatic heterocycles. The lowest BCUT2D eigenvalue weighted by Crippen LogP contribution is -2.56. The van der Waals surface area contributed by atoms with Crippen LogP contribution in [0.25, 0.3) is 0 Å². The Morgan fingerprint density at radius 1 is 1.15 bits per heavy atom. The van der Waals surface area contributed by atoms with E-state index < -0.39 is 11.7 Å². The maximum Gasteiger partial charge on any atom is 0.410 e. The molecular weight excluding hydrogens is 336 g/mol. The van der Waals surface area contributed by atoms with Crippen LogP contribution < -0.4 is 0 Å². The van der Waals surface area contributed by atoms with Gasteiger partial charge >= 0.3 is 6.09 Å². The Morgan fingerprint density at radius 2 is 1.77 bits per heavy atom. The molecule has 7 nitrogen and oxygen atoms in total. The predicted molar refractivity (Wildman–Crippen MR) is 95.1 cm³/mol. The first-order valence-corrected chi connectivity index (χ1v) is 8.61. The molecule has 0 N–H and O–H groups in total. The van der Waals surface area contributed by atoms with Gasteiger partial charge in [-0.1, -0.05) is 30.3 Å². The number of hydrogen-bond acceptors (Lipinski definition) is 5. The predicted octanol–water partition coefficient (Wildman–Crippen LogP) is 1.65. The lowest BCUT2D eigenvalue weighted by Gasteiger charge is -2.37. The number of carbonyl (C=O) groups is 2. The summed E-state index contributed by atoms with van der Waals surface area (Å²) in [6.07, 6.45) is 0.695. The third-order valence-corrected chi connectivity index (χ3v) is 4.23. The van der Waals surface area contributed by atoms with E-state index in [2.05, 4.69) is 0 Å². The van der Waals surface area contributed by atoms with Crippen LogP contribution in [0.15, 0.2) is 36.4 Å². The fourth-order valence-electron chi connectivity index (χ4n) is 2.79. The van der Waals surface area contributed by atoms with Crippen LogP contribution in [0.5, 0.6) is 0 Å². The molecule has 7 heteroatoms. The lowest BCUT2D eigenvalue weighted by molar-refractivity contribution is -0.151. The van der Waals surface area contributed by atoms with E-state index in [1.807, 2.05) is 30.3 Å². The monoisotopic (exact) mass is 360 g/mol. The Morgan fingerprint density at radius 3 is 2.35 bits per heavy atom. The first kappa shape index (κ1) is 19.7. The molecule has 0 saturated carbocycles. The van der Waals surface area contributed by atoms with Crippen molar-refractivity contribution in [1.82, 2.24) is 9.80 Å². The maximum absolute atomic E-state index is 12.6. The fourth-order valence-corrected chi connectivity index (χ4v) is 2.79. The number of carbonyl (C=O) groups excluding carboxylic acids is 3. The number of ether oxygens (including phenoxy) is 2. The van der Waals surface area contributed by atoms with Crippen LogP contribution in [0, 0.1) is 0 Å². The van der Waals surface area contributed by atoms with Crippen molar-refractivity contribution in [2.45, 2.75) is 26.1 Å². The van der Waals surface area contributed by atoms with E-state index in [-0.39, 0.29) is 12.5 Å². The van der Waals surface area contributed by atoms with Gasteiger partial charge in [0.15, 0.2) is 5.60 Å². The average molecular weight is 360 g/mol. The van der Waals surface area contributed by atoms with E-state index in [1.54, 1.807) is 29.6 Å². The number of amides is 2. The van der Waals surface area contributed by atoms with Gasteiger partial charge in [-0.25, -0.2) is 9.59 Å². The molecule has 140 valence electrons. The first-order chi connectivity index (χ1) is 12.5. The highest BCUT2D eigenvalue weighted by molar-refractivity contribution is 5.89. The second kappa shape index (κ2) is 9.17. The van der Waals surface area contributed by atoms with Crippen LogP contribution in [0.2, 0.25) is 0 Å². The average Bonchev–Trinajstić information content (AvgIpc) is 2.67. The molecule has 1 unspecified atom stereocenters. The van der Waals surface area contributed by atoms with Gasteiger partial charge in [0, 0.05) is 38.9 Å². The summed E-state index contributed by atoms with van der Waals surface area (Å²) >= 11 is 0. The highest BCUT2D eigenvalue weighted by Gasteiger charge is 2.37. The van der Waals surface area contributed by atoms with Crippen molar-refractivity contribution in [3.05, 3.63) is 42.0 Å². The van der Waals surface area contributed by atoms with Gasteiger partial charge in [0.2, 0.25) is 0 Å². The number of rotatable bonds is 6. The zero-order valence-corrected chi connectivity index (χ0v) is 15.1. The summed E-state index contributed by atoms with van der Waals surface area (Å²) in [7, 11) is 0. The largest absolute Gasteiger partial charge is 0.445 e. The van der Waals surface area contributed by atoms with Gasteiger partial charge in [-0.15, -0.1) is 0 Å². The Hall–Kier alpha value is -2.63. The minimum Gasteiger partial charge on any atom is -0.445 e. The second-order valence-corrected chi connectivity index (χ2v) is 6.12. The third kappa shape index (κ3) is 4.94. The van der Waals surface area contributed by atoms with Crippen LogP contribution in [0.1, 0.15) is 19.4 Å².